The Morgan fingerprint density at radius 2 is 2.10 bits per heavy atom. The zero-order valence-corrected chi connectivity index (χ0v) is 12.9. The standard InChI is InChI=1S/C15H29N5/c1-3-19(4-2)9-10-20-13-15(12-18-20)17-11-14-5-7-16-8-6-14/h12-14,16-17H,3-11H2,1-2H3. The molecule has 1 saturated heterocycles. The number of nitrogens with one attached hydrogen (secondary N) is 2. The largest absolute Gasteiger partial charge is 0.382 e. The van der Waals surface area contributed by atoms with Crippen molar-refractivity contribution in [2.75, 3.05) is 44.6 Å². The van der Waals surface area contributed by atoms with Crippen molar-refractivity contribution in [2.45, 2.75) is 33.2 Å². The highest BCUT2D eigenvalue weighted by Gasteiger charge is 2.12. The van der Waals surface area contributed by atoms with Crippen LogP contribution >= 0.6 is 0 Å². The third-order valence-electron chi connectivity index (χ3n) is 4.23. The summed E-state index contributed by atoms with van der Waals surface area (Å²) in [7, 11) is 0. The molecule has 5 heteroatoms. The molecular weight excluding hydrogens is 250 g/mol. The average Bonchev–Trinajstić information content (AvgIpc) is 2.95. The Hall–Kier alpha value is -1.07. The van der Waals surface area contributed by atoms with Crippen molar-refractivity contribution in [1.29, 1.82) is 0 Å². The second kappa shape index (κ2) is 8.27. The van der Waals surface area contributed by atoms with Gasteiger partial charge in [0.2, 0.25) is 0 Å². The summed E-state index contributed by atoms with van der Waals surface area (Å²) in [5.74, 6) is 0.801. The van der Waals surface area contributed by atoms with Crippen molar-refractivity contribution < 1.29 is 0 Å². The predicted molar refractivity (Wildman–Crippen MR) is 84.1 cm³/mol. The van der Waals surface area contributed by atoms with E-state index in [9.17, 15) is 0 Å². The molecule has 5 nitrogen and oxygen atoms in total. The first-order valence-electron chi connectivity index (χ1n) is 8.01. The number of hydrogen-bond donors (Lipinski definition) is 2. The topological polar surface area (TPSA) is 45.1 Å². The fraction of sp³-hybridized carbons (Fsp3) is 0.800. The van der Waals surface area contributed by atoms with Gasteiger partial charge in [-0.3, -0.25) is 4.68 Å². The van der Waals surface area contributed by atoms with Gasteiger partial charge in [-0.15, -0.1) is 0 Å². The van der Waals surface area contributed by atoms with E-state index in [1.54, 1.807) is 0 Å². The molecule has 1 aromatic heterocycles. The first-order chi connectivity index (χ1) is 9.81. The molecule has 0 atom stereocenters. The van der Waals surface area contributed by atoms with Gasteiger partial charge in [0.05, 0.1) is 18.4 Å². The Bertz CT molecular complexity index is 366. The van der Waals surface area contributed by atoms with Gasteiger partial charge >= 0.3 is 0 Å². The second-order valence-corrected chi connectivity index (χ2v) is 5.59. The Morgan fingerprint density at radius 1 is 1.35 bits per heavy atom. The van der Waals surface area contributed by atoms with Gasteiger partial charge in [0.25, 0.3) is 0 Å². The average molecular weight is 279 g/mol. The van der Waals surface area contributed by atoms with E-state index in [0.29, 0.717) is 0 Å². The van der Waals surface area contributed by atoms with Crippen molar-refractivity contribution in [3.63, 3.8) is 0 Å². The number of hydrogen-bond acceptors (Lipinski definition) is 4. The number of aromatic nitrogens is 2. The van der Waals surface area contributed by atoms with Crippen LogP contribution in [0.4, 0.5) is 5.69 Å². The van der Waals surface area contributed by atoms with Gasteiger partial charge in [-0.2, -0.15) is 5.10 Å². The molecule has 0 unspecified atom stereocenters. The summed E-state index contributed by atoms with van der Waals surface area (Å²) in [5.41, 5.74) is 1.16. The Balaban J connectivity index is 1.71. The zero-order chi connectivity index (χ0) is 14.2. The van der Waals surface area contributed by atoms with E-state index in [0.717, 1.165) is 57.4 Å². The molecule has 0 amide bonds. The van der Waals surface area contributed by atoms with Crippen molar-refractivity contribution in [3.8, 4) is 0 Å². The van der Waals surface area contributed by atoms with Crippen LogP contribution in [-0.2, 0) is 6.54 Å². The molecule has 2 N–H and O–H groups in total. The van der Waals surface area contributed by atoms with E-state index >= 15 is 0 Å². The minimum Gasteiger partial charge on any atom is -0.382 e. The minimum absolute atomic E-state index is 0.801. The lowest BCUT2D eigenvalue weighted by Crippen LogP contribution is -2.31. The monoisotopic (exact) mass is 279 g/mol. The van der Waals surface area contributed by atoms with Gasteiger partial charge in [-0.25, -0.2) is 0 Å². The normalized spacial score (nSPS) is 16.8. The van der Waals surface area contributed by atoms with Gasteiger partial charge in [0, 0.05) is 19.3 Å². The zero-order valence-electron chi connectivity index (χ0n) is 12.9. The van der Waals surface area contributed by atoms with E-state index < -0.39 is 0 Å². The van der Waals surface area contributed by atoms with Crippen LogP contribution in [0.5, 0.6) is 0 Å². The second-order valence-electron chi connectivity index (χ2n) is 5.59. The minimum atomic E-state index is 0.801. The van der Waals surface area contributed by atoms with Crippen LogP contribution in [0.15, 0.2) is 12.4 Å². The molecule has 1 fully saturated rings. The fourth-order valence-electron chi connectivity index (χ4n) is 2.71. The van der Waals surface area contributed by atoms with Crippen molar-refractivity contribution >= 4 is 5.69 Å². The maximum Gasteiger partial charge on any atom is 0.0726 e. The van der Waals surface area contributed by atoms with Gasteiger partial charge in [-0.05, 0) is 44.9 Å². The van der Waals surface area contributed by atoms with Crippen LogP contribution < -0.4 is 10.6 Å². The fourth-order valence-corrected chi connectivity index (χ4v) is 2.71. The molecule has 0 saturated carbocycles. The quantitative estimate of drug-likeness (QED) is 0.759. The van der Waals surface area contributed by atoms with E-state index in [1.165, 1.54) is 12.8 Å². The van der Waals surface area contributed by atoms with Crippen LogP contribution in [-0.4, -0.2) is 53.9 Å². The molecular formula is C15H29N5. The lowest BCUT2D eigenvalue weighted by Gasteiger charge is -2.22. The van der Waals surface area contributed by atoms with Gasteiger partial charge < -0.3 is 15.5 Å². The van der Waals surface area contributed by atoms with Crippen molar-refractivity contribution in [1.82, 2.24) is 20.0 Å². The SMILES string of the molecule is CCN(CC)CCn1cc(NCC2CCNCC2)cn1. The van der Waals surface area contributed by atoms with E-state index in [2.05, 4.69) is 40.7 Å². The summed E-state index contributed by atoms with van der Waals surface area (Å²) < 4.78 is 2.04. The number of nitrogens with zero attached hydrogens (tertiary/aromatic N) is 3. The van der Waals surface area contributed by atoms with Crippen LogP contribution in [0.1, 0.15) is 26.7 Å². The molecule has 1 aromatic rings. The maximum absolute atomic E-state index is 4.44. The van der Waals surface area contributed by atoms with E-state index in [1.807, 2.05) is 10.9 Å². The molecule has 0 aromatic carbocycles. The Kier molecular flexibility index (Phi) is 6.33. The Labute approximate surface area is 122 Å². The molecule has 1 aliphatic heterocycles. The predicted octanol–water partition coefficient (Wildman–Crippen LogP) is 1.64. The Morgan fingerprint density at radius 3 is 2.80 bits per heavy atom. The summed E-state index contributed by atoms with van der Waals surface area (Å²) in [6.45, 7) is 12.1. The van der Waals surface area contributed by atoms with E-state index in [4.69, 9.17) is 0 Å². The van der Waals surface area contributed by atoms with Gasteiger partial charge in [0.1, 0.15) is 0 Å². The number of rotatable bonds is 8. The molecule has 0 bridgehead atoms. The lowest BCUT2D eigenvalue weighted by molar-refractivity contribution is 0.285. The summed E-state index contributed by atoms with van der Waals surface area (Å²) in [4.78, 5) is 2.42. The summed E-state index contributed by atoms with van der Waals surface area (Å²) in [6, 6.07) is 0. The van der Waals surface area contributed by atoms with Crippen molar-refractivity contribution in [3.05, 3.63) is 12.4 Å². The maximum atomic E-state index is 4.44. The number of likely N-dealkylation sites (N-methyl/N-ethyl adjacent to an activating group) is 1. The number of anilines is 1. The first kappa shape index (κ1) is 15.3. The van der Waals surface area contributed by atoms with Crippen LogP contribution in [0.25, 0.3) is 0 Å². The summed E-state index contributed by atoms with van der Waals surface area (Å²) in [6.07, 6.45) is 6.64. The highest BCUT2D eigenvalue weighted by atomic mass is 15.3. The third kappa shape index (κ3) is 4.80. The summed E-state index contributed by atoms with van der Waals surface area (Å²) >= 11 is 0. The first-order valence-corrected chi connectivity index (χ1v) is 8.01. The molecule has 114 valence electrons. The molecule has 1 aliphatic rings. The van der Waals surface area contributed by atoms with E-state index in [-0.39, 0.29) is 0 Å². The van der Waals surface area contributed by atoms with Crippen LogP contribution in [0.2, 0.25) is 0 Å². The van der Waals surface area contributed by atoms with Crippen LogP contribution in [0.3, 0.4) is 0 Å². The summed E-state index contributed by atoms with van der Waals surface area (Å²) in [5, 5.41) is 11.4. The van der Waals surface area contributed by atoms with Gasteiger partial charge in [-0.1, -0.05) is 13.8 Å². The molecule has 20 heavy (non-hydrogen) atoms. The smallest absolute Gasteiger partial charge is 0.0726 e. The molecule has 0 radical (unpaired) electrons. The molecule has 0 aliphatic carbocycles. The highest BCUT2D eigenvalue weighted by molar-refractivity contribution is 5.38. The molecule has 0 spiro atoms. The van der Waals surface area contributed by atoms with Crippen molar-refractivity contribution in [2.24, 2.45) is 5.92 Å². The molecule has 2 rings (SSSR count). The molecule has 2 heterocycles. The van der Waals surface area contributed by atoms with Gasteiger partial charge in [0.15, 0.2) is 0 Å². The lowest BCUT2D eigenvalue weighted by atomic mass is 9.98. The third-order valence-corrected chi connectivity index (χ3v) is 4.23. The number of piperidine rings is 1. The highest BCUT2D eigenvalue weighted by Crippen LogP contribution is 2.13. The van der Waals surface area contributed by atoms with Crippen LogP contribution in [0, 0.1) is 5.92 Å².